The van der Waals surface area contributed by atoms with Crippen molar-refractivity contribution in [3.63, 3.8) is 0 Å². The third-order valence-corrected chi connectivity index (χ3v) is 2.91. The molecule has 0 aromatic heterocycles. The molecule has 3 N–H and O–H groups in total. The lowest BCUT2D eigenvalue weighted by Crippen LogP contribution is -2.31. The fraction of sp³-hybridized carbons (Fsp3) is 0.500. The Labute approximate surface area is 119 Å². The molecule has 0 aliphatic carbocycles. The first-order valence-corrected chi connectivity index (χ1v) is 6.73. The summed E-state index contributed by atoms with van der Waals surface area (Å²) in [6.07, 6.45) is -0.705. The predicted molar refractivity (Wildman–Crippen MR) is 77.3 cm³/mol. The molecule has 1 unspecified atom stereocenters. The Kier molecular flexibility index (Phi) is 6.12. The van der Waals surface area contributed by atoms with Gasteiger partial charge in [0.05, 0.1) is 5.02 Å². The maximum Gasteiger partial charge on any atom is 0.258 e. The Bertz CT molecular complexity index is 435. The van der Waals surface area contributed by atoms with Crippen molar-refractivity contribution in [1.82, 2.24) is 5.32 Å². The van der Waals surface area contributed by atoms with Crippen LogP contribution in [0.3, 0.4) is 0 Å². The van der Waals surface area contributed by atoms with Gasteiger partial charge in [-0.1, -0.05) is 37.6 Å². The van der Waals surface area contributed by atoms with Crippen LogP contribution in [-0.4, -0.2) is 18.6 Å². The lowest BCUT2D eigenvalue weighted by molar-refractivity contribution is -0.123. The molecule has 4 nitrogen and oxygen atoms in total. The molecule has 0 fully saturated rings. The minimum absolute atomic E-state index is 0.483. The third kappa shape index (κ3) is 5.09. The van der Waals surface area contributed by atoms with E-state index in [0.717, 1.165) is 12.1 Å². The number of halogens is 1. The van der Waals surface area contributed by atoms with Gasteiger partial charge in [-0.3, -0.25) is 4.79 Å². The summed E-state index contributed by atoms with van der Waals surface area (Å²) in [4.78, 5) is 11.1. The Morgan fingerprint density at radius 3 is 2.68 bits per heavy atom. The first-order valence-electron chi connectivity index (χ1n) is 6.36. The molecule has 1 atom stereocenters. The van der Waals surface area contributed by atoms with Crippen LogP contribution in [0.25, 0.3) is 0 Å². The van der Waals surface area contributed by atoms with Crippen LogP contribution in [0.4, 0.5) is 0 Å². The highest BCUT2D eigenvalue weighted by Gasteiger charge is 2.15. The van der Waals surface area contributed by atoms with E-state index in [4.69, 9.17) is 22.1 Å². The van der Waals surface area contributed by atoms with E-state index in [0.29, 0.717) is 23.2 Å². The molecule has 0 bridgehead atoms. The lowest BCUT2D eigenvalue weighted by Gasteiger charge is -2.17. The number of carbonyl (C=O) groups is 1. The van der Waals surface area contributed by atoms with Gasteiger partial charge in [0, 0.05) is 12.1 Å². The average Bonchev–Trinajstić information content (AvgIpc) is 2.32. The quantitative estimate of drug-likeness (QED) is 0.808. The topological polar surface area (TPSA) is 64.3 Å². The van der Waals surface area contributed by atoms with Crippen LogP contribution < -0.4 is 15.8 Å². The van der Waals surface area contributed by atoms with Crippen LogP contribution in [0, 0.1) is 5.92 Å². The number of para-hydroxylation sites is 1. The highest BCUT2D eigenvalue weighted by atomic mass is 35.5. The standard InChI is InChI=1S/C14H21ClN2O2/c1-9(2)7-17-8-11-5-4-6-12(15)13(11)19-10(3)14(16)18/h4-6,9-10,17H,7-8H2,1-3H3,(H2,16,18). The second-order valence-electron chi connectivity index (χ2n) is 4.92. The molecular formula is C14H21ClN2O2. The zero-order valence-electron chi connectivity index (χ0n) is 11.6. The molecule has 1 amide bonds. The van der Waals surface area contributed by atoms with Crippen LogP contribution in [0.1, 0.15) is 26.3 Å². The van der Waals surface area contributed by atoms with Crippen LogP contribution >= 0.6 is 11.6 Å². The normalized spacial score (nSPS) is 12.5. The molecule has 0 aliphatic rings. The second-order valence-corrected chi connectivity index (χ2v) is 5.32. The molecule has 1 aromatic rings. The number of nitrogens with two attached hydrogens (primary N) is 1. The van der Waals surface area contributed by atoms with E-state index in [9.17, 15) is 4.79 Å². The summed E-state index contributed by atoms with van der Waals surface area (Å²) in [6, 6.07) is 5.51. The van der Waals surface area contributed by atoms with Gasteiger partial charge < -0.3 is 15.8 Å². The van der Waals surface area contributed by atoms with Crippen molar-refractivity contribution in [1.29, 1.82) is 0 Å². The van der Waals surface area contributed by atoms with E-state index in [-0.39, 0.29) is 0 Å². The molecule has 106 valence electrons. The van der Waals surface area contributed by atoms with Gasteiger partial charge in [0.25, 0.3) is 5.91 Å². The number of benzene rings is 1. The van der Waals surface area contributed by atoms with Gasteiger partial charge in [-0.25, -0.2) is 0 Å². The molecule has 0 heterocycles. The highest BCUT2D eigenvalue weighted by molar-refractivity contribution is 6.32. The van der Waals surface area contributed by atoms with Gasteiger partial charge >= 0.3 is 0 Å². The number of rotatable bonds is 7. The number of amides is 1. The van der Waals surface area contributed by atoms with Crippen LogP contribution in [0.5, 0.6) is 5.75 Å². The fourth-order valence-corrected chi connectivity index (χ4v) is 1.79. The van der Waals surface area contributed by atoms with E-state index in [1.54, 1.807) is 13.0 Å². The zero-order valence-corrected chi connectivity index (χ0v) is 12.3. The van der Waals surface area contributed by atoms with Crippen molar-refractivity contribution in [2.45, 2.75) is 33.4 Å². The Morgan fingerprint density at radius 1 is 1.42 bits per heavy atom. The Hall–Kier alpha value is -1.26. The predicted octanol–water partition coefficient (Wildman–Crippen LogP) is 2.34. The van der Waals surface area contributed by atoms with Crippen molar-refractivity contribution < 1.29 is 9.53 Å². The lowest BCUT2D eigenvalue weighted by atomic mass is 10.1. The van der Waals surface area contributed by atoms with Gasteiger partial charge in [0.1, 0.15) is 5.75 Å². The van der Waals surface area contributed by atoms with Gasteiger partial charge in [0.2, 0.25) is 0 Å². The maximum atomic E-state index is 11.1. The van der Waals surface area contributed by atoms with Crippen molar-refractivity contribution in [2.75, 3.05) is 6.54 Å². The summed E-state index contributed by atoms with van der Waals surface area (Å²) in [5.74, 6) is 0.570. The molecule has 1 rings (SSSR count). The van der Waals surface area contributed by atoms with E-state index < -0.39 is 12.0 Å². The van der Waals surface area contributed by atoms with Gasteiger partial charge in [-0.05, 0) is 25.5 Å². The van der Waals surface area contributed by atoms with Crippen molar-refractivity contribution in [2.24, 2.45) is 11.7 Å². The number of primary amides is 1. The van der Waals surface area contributed by atoms with Crippen LogP contribution in [0.15, 0.2) is 18.2 Å². The number of hydrogen-bond acceptors (Lipinski definition) is 3. The molecule has 0 spiro atoms. The average molecular weight is 285 g/mol. The molecule has 0 aliphatic heterocycles. The van der Waals surface area contributed by atoms with E-state index in [2.05, 4.69) is 19.2 Å². The molecule has 0 radical (unpaired) electrons. The molecule has 1 aromatic carbocycles. The molecule has 19 heavy (non-hydrogen) atoms. The summed E-state index contributed by atoms with van der Waals surface area (Å²) < 4.78 is 5.55. The maximum absolute atomic E-state index is 11.1. The number of carbonyl (C=O) groups excluding carboxylic acids is 1. The first-order chi connectivity index (χ1) is 8.91. The van der Waals surface area contributed by atoms with Gasteiger partial charge in [-0.15, -0.1) is 0 Å². The summed E-state index contributed by atoms with van der Waals surface area (Å²) in [6.45, 7) is 7.42. The molecule has 0 saturated carbocycles. The molecule has 0 saturated heterocycles. The van der Waals surface area contributed by atoms with Gasteiger partial charge in [0.15, 0.2) is 6.10 Å². The van der Waals surface area contributed by atoms with E-state index in [1.165, 1.54) is 0 Å². The number of nitrogens with one attached hydrogen (secondary N) is 1. The van der Waals surface area contributed by atoms with Crippen molar-refractivity contribution >= 4 is 17.5 Å². The number of hydrogen-bond donors (Lipinski definition) is 2. The Morgan fingerprint density at radius 2 is 2.11 bits per heavy atom. The molecule has 5 heteroatoms. The van der Waals surface area contributed by atoms with E-state index in [1.807, 2.05) is 12.1 Å². The minimum Gasteiger partial charge on any atom is -0.479 e. The fourth-order valence-electron chi connectivity index (χ4n) is 1.56. The summed E-state index contributed by atoms with van der Waals surface area (Å²) in [5, 5.41) is 3.80. The summed E-state index contributed by atoms with van der Waals surface area (Å²) >= 11 is 6.11. The second kappa shape index (κ2) is 7.36. The molecular weight excluding hydrogens is 264 g/mol. The first kappa shape index (κ1) is 15.8. The van der Waals surface area contributed by atoms with Crippen molar-refractivity contribution in [3.05, 3.63) is 28.8 Å². The third-order valence-electron chi connectivity index (χ3n) is 2.61. The highest BCUT2D eigenvalue weighted by Crippen LogP contribution is 2.29. The largest absolute Gasteiger partial charge is 0.479 e. The summed E-state index contributed by atoms with van der Waals surface area (Å²) in [7, 11) is 0. The van der Waals surface area contributed by atoms with Crippen LogP contribution in [-0.2, 0) is 11.3 Å². The van der Waals surface area contributed by atoms with Crippen LogP contribution in [0.2, 0.25) is 5.02 Å². The zero-order chi connectivity index (χ0) is 14.4. The number of ether oxygens (including phenoxy) is 1. The monoisotopic (exact) mass is 284 g/mol. The summed E-state index contributed by atoms with van der Waals surface area (Å²) in [5.41, 5.74) is 6.12. The SMILES string of the molecule is CC(C)CNCc1cccc(Cl)c1OC(C)C(N)=O. The van der Waals surface area contributed by atoms with E-state index >= 15 is 0 Å². The Balaban J connectivity index is 2.80. The minimum atomic E-state index is -0.705. The van der Waals surface area contributed by atoms with Crippen molar-refractivity contribution in [3.8, 4) is 5.75 Å². The smallest absolute Gasteiger partial charge is 0.258 e. The van der Waals surface area contributed by atoms with Gasteiger partial charge in [-0.2, -0.15) is 0 Å².